The molecule has 0 bridgehead atoms. The van der Waals surface area contributed by atoms with E-state index in [1.165, 1.54) is 18.2 Å². The Balaban J connectivity index is 1.82. The molecule has 1 N–H and O–H groups in total. The molecule has 1 aliphatic heterocycles. The van der Waals surface area contributed by atoms with Gasteiger partial charge in [-0.1, -0.05) is 32.9 Å². The first-order valence-corrected chi connectivity index (χ1v) is 10.9. The average Bonchev–Trinajstić information content (AvgIpc) is 3.17. The zero-order valence-electron chi connectivity index (χ0n) is 16.1. The number of nitrogens with one attached hydrogen (secondary N) is 1. The number of rotatable bonds is 4. The van der Waals surface area contributed by atoms with E-state index in [4.69, 9.17) is 0 Å². The first-order valence-electron chi connectivity index (χ1n) is 9.09. The highest BCUT2D eigenvalue weighted by Crippen LogP contribution is 2.30. The number of amides is 1. The third-order valence-electron chi connectivity index (χ3n) is 4.61. The molecular weight excluding hydrogens is 381 g/mol. The topological polar surface area (TPSA) is 81.1 Å². The van der Waals surface area contributed by atoms with Crippen LogP contribution in [0.15, 0.2) is 36.4 Å². The molecule has 0 spiro atoms. The van der Waals surface area contributed by atoms with Gasteiger partial charge in [0.05, 0.1) is 23.2 Å². The quantitative estimate of drug-likeness (QED) is 0.791. The summed E-state index contributed by atoms with van der Waals surface area (Å²) in [4.78, 5) is 12.4. The molecule has 0 aliphatic carbocycles. The molecule has 2 heterocycles. The monoisotopic (exact) mass is 405 g/mol. The Hall–Kier alpha value is -2.48. The molecule has 1 aromatic carbocycles. The van der Waals surface area contributed by atoms with E-state index >= 15 is 0 Å². The van der Waals surface area contributed by atoms with Crippen molar-refractivity contribution in [2.24, 2.45) is 0 Å². The Morgan fingerprint density at radius 2 is 1.96 bits per heavy atom. The molecular formula is C20H24FN3O3S. The van der Waals surface area contributed by atoms with E-state index in [0.29, 0.717) is 17.8 Å². The van der Waals surface area contributed by atoms with Crippen molar-refractivity contribution in [3.63, 3.8) is 0 Å². The lowest BCUT2D eigenvalue weighted by Crippen LogP contribution is -2.19. The van der Waals surface area contributed by atoms with Gasteiger partial charge in [-0.15, -0.1) is 0 Å². The zero-order chi connectivity index (χ0) is 20.5. The van der Waals surface area contributed by atoms with E-state index in [-0.39, 0.29) is 34.7 Å². The normalized spacial score (nSPS) is 19.2. The predicted octanol–water partition coefficient (Wildman–Crippen LogP) is 3.33. The molecule has 0 radical (unpaired) electrons. The lowest BCUT2D eigenvalue weighted by Gasteiger charge is -2.15. The maximum Gasteiger partial charge on any atom is 0.249 e. The van der Waals surface area contributed by atoms with Crippen LogP contribution < -0.4 is 5.32 Å². The van der Waals surface area contributed by atoms with Gasteiger partial charge < -0.3 is 5.32 Å². The summed E-state index contributed by atoms with van der Waals surface area (Å²) in [5, 5.41) is 7.38. The highest BCUT2D eigenvalue weighted by molar-refractivity contribution is 7.91. The van der Waals surface area contributed by atoms with Gasteiger partial charge in [-0.25, -0.2) is 17.5 Å². The molecule has 1 amide bonds. The molecule has 1 aliphatic rings. The summed E-state index contributed by atoms with van der Waals surface area (Å²) in [7, 11) is -3.08. The lowest BCUT2D eigenvalue weighted by atomic mass is 9.92. The largest absolute Gasteiger partial charge is 0.307 e. The standard InChI is InChI=1S/C20H24FN3O3S/c1-20(2,3)17-12-18(24(23-17)16-10-11-28(26,27)13-16)22-19(25)9-6-14-4-7-15(21)8-5-14/h4-9,12,16H,10-11,13H2,1-3H3,(H,22,25)/b9-6+. The number of halogens is 1. The highest BCUT2D eigenvalue weighted by atomic mass is 32.2. The van der Waals surface area contributed by atoms with Crippen molar-refractivity contribution >= 4 is 27.6 Å². The van der Waals surface area contributed by atoms with Gasteiger partial charge >= 0.3 is 0 Å². The summed E-state index contributed by atoms with van der Waals surface area (Å²) in [6.45, 7) is 6.02. The fourth-order valence-electron chi connectivity index (χ4n) is 3.01. The summed E-state index contributed by atoms with van der Waals surface area (Å²) in [6.07, 6.45) is 3.41. The lowest BCUT2D eigenvalue weighted by molar-refractivity contribution is -0.111. The van der Waals surface area contributed by atoms with Crippen LogP contribution in [-0.4, -0.2) is 35.6 Å². The predicted molar refractivity (Wildman–Crippen MR) is 107 cm³/mol. The smallest absolute Gasteiger partial charge is 0.249 e. The maximum absolute atomic E-state index is 13.0. The van der Waals surface area contributed by atoms with Crippen LogP contribution in [-0.2, 0) is 20.0 Å². The molecule has 6 nitrogen and oxygen atoms in total. The Labute approximate surface area is 164 Å². The Kier molecular flexibility index (Phi) is 5.43. The van der Waals surface area contributed by atoms with Gasteiger partial charge in [0.25, 0.3) is 0 Å². The number of carbonyl (C=O) groups is 1. The second kappa shape index (κ2) is 7.50. The van der Waals surface area contributed by atoms with Gasteiger partial charge in [-0.05, 0) is 30.2 Å². The van der Waals surface area contributed by atoms with E-state index in [1.54, 1.807) is 29.0 Å². The molecule has 3 rings (SSSR count). The fourth-order valence-corrected chi connectivity index (χ4v) is 4.71. The highest BCUT2D eigenvalue weighted by Gasteiger charge is 2.32. The Morgan fingerprint density at radius 1 is 1.29 bits per heavy atom. The van der Waals surface area contributed by atoms with E-state index in [2.05, 4.69) is 10.4 Å². The summed E-state index contributed by atoms with van der Waals surface area (Å²) >= 11 is 0. The molecule has 8 heteroatoms. The number of benzene rings is 1. The van der Waals surface area contributed by atoms with Gasteiger partial charge in [0.1, 0.15) is 11.6 Å². The van der Waals surface area contributed by atoms with Crippen LogP contribution in [0, 0.1) is 5.82 Å². The minimum atomic E-state index is -3.08. The molecule has 150 valence electrons. The van der Waals surface area contributed by atoms with Crippen molar-refractivity contribution in [3.8, 4) is 0 Å². The van der Waals surface area contributed by atoms with Crippen LogP contribution in [0.1, 0.15) is 44.5 Å². The van der Waals surface area contributed by atoms with Crippen LogP contribution in [0.4, 0.5) is 10.2 Å². The molecule has 1 fully saturated rings. The van der Waals surface area contributed by atoms with E-state index in [1.807, 2.05) is 20.8 Å². The Morgan fingerprint density at radius 3 is 2.54 bits per heavy atom. The van der Waals surface area contributed by atoms with Crippen molar-refractivity contribution in [1.82, 2.24) is 9.78 Å². The minimum absolute atomic E-state index is 0.0204. The average molecular weight is 405 g/mol. The summed E-state index contributed by atoms with van der Waals surface area (Å²) in [6, 6.07) is 7.28. The third-order valence-corrected chi connectivity index (χ3v) is 6.36. The third kappa shape index (κ3) is 4.86. The number of hydrogen-bond acceptors (Lipinski definition) is 4. The minimum Gasteiger partial charge on any atom is -0.307 e. The van der Waals surface area contributed by atoms with E-state index in [0.717, 1.165) is 5.69 Å². The van der Waals surface area contributed by atoms with Gasteiger partial charge in [0, 0.05) is 17.6 Å². The summed E-state index contributed by atoms with van der Waals surface area (Å²) in [5.74, 6) is -0.0911. The van der Waals surface area contributed by atoms with Crippen LogP contribution in [0.2, 0.25) is 0 Å². The number of carbonyl (C=O) groups excluding carboxylic acids is 1. The second-order valence-corrected chi connectivity index (χ2v) is 10.3. The first kappa shape index (κ1) is 20.3. The molecule has 0 saturated carbocycles. The molecule has 2 aromatic rings. The van der Waals surface area contributed by atoms with Crippen molar-refractivity contribution < 1.29 is 17.6 Å². The van der Waals surface area contributed by atoms with E-state index in [9.17, 15) is 17.6 Å². The van der Waals surface area contributed by atoms with Crippen molar-refractivity contribution in [2.75, 3.05) is 16.8 Å². The number of sulfone groups is 1. The number of anilines is 1. The number of hydrogen-bond donors (Lipinski definition) is 1. The SMILES string of the molecule is CC(C)(C)c1cc(NC(=O)/C=C/c2ccc(F)cc2)n(C2CCS(=O)(=O)C2)n1. The Bertz CT molecular complexity index is 1000. The van der Waals surface area contributed by atoms with Crippen molar-refractivity contribution in [2.45, 2.75) is 38.6 Å². The molecule has 1 aromatic heterocycles. The van der Waals surface area contributed by atoms with Crippen LogP contribution in [0.25, 0.3) is 6.08 Å². The van der Waals surface area contributed by atoms with Gasteiger partial charge in [-0.2, -0.15) is 5.10 Å². The maximum atomic E-state index is 13.0. The summed E-state index contributed by atoms with van der Waals surface area (Å²) < 4.78 is 38.3. The van der Waals surface area contributed by atoms with Crippen LogP contribution in [0.3, 0.4) is 0 Å². The van der Waals surface area contributed by atoms with Crippen molar-refractivity contribution in [1.29, 1.82) is 0 Å². The molecule has 28 heavy (non-hydrogen) atoms. The first-order chi connectivity index (χ1) is 13.0. The second-order valence-electron chi connectivity index (χ2n) is 8.04. The van der Waals surface area contributed by atoms with Crippen molar-refractivity contribution in [3.05, 3.63) is 53.5 Å². The van der Waals surface area contributed by atoms with E-state index < -0.39 is 9.84 Å². The number of nitrogens with zero attached hydrogens (tertiary/aromatic N) is 2. The molecule has 1 saturated heterocycles. The van der Waals surface area contributed by atoms with Gasteiger partial charge in [0.15, 0.2) is 9.84 Å². The van der Waals surface area contributed by atoms with Gasteiger partial charge in [-0.3, -0.25) is 4.79 Å². The molecule has 1 atom stereocenters. The van der Waals surface area contributed by atoms with Crippen LogP contribution >= 0.6 is 0 Å². The summed E-state index contributed by atoms with van der Waals surface area (Å²) in [5.41, 5.74) is 1.23. The van der Waals surface area contributed by atoms with Gasteiger partial charge in [0.2, 0.25) is 5.91 Å². The van der Waals surface area contributed by atoms with Crippen LogP contribution in [0.5, 0.6) is 0 Å². The zero-order valence-corrected chi connectivity index (χ0v) is 17.0. The number of aromatic nitrogens is 2. The molecule has 1 unspecified atom stereocenters. The fraction of sp³-hybridized carbons (Fsp3) is 0.400.